The molecule has 17 heavy (non-hydrogen) atoms. The van der Waals surface area contributed by atoms with Crippen LogP contribution in [-0.2, 0) is 6.54 Å². The molecular weight excluding hydrogens is 210 g/mol. The third kappa shape index (κ3) is 2.22. The molecule has 0 aliphatic carbocycles. The van der Waals surface area contributed by atoms with Crippen LogP contribution in [-0.4, -0.2) is 18.0 Å². The SMILES string of the molecule is Cc1ccc2occ(CN3CCCCC3)c2c1. The van der Waals surface area contributed by atoms with Crippen LogP contribution < -0.4 is 0 Å². The molecule has 1 fully saturated rings. The molecule has 0 bridgehead atoms. The van der Waals surface area contributed by atoms with Gasteiger partial charge in [-0.2, -0.15) is 0 Å². The average molecular weight is 229 g/mol. The second kappa shape index (κ2) is 4.53. The molecule has 0 unspecified atom stereocenters. The largest absolute Gasteiger partial charge is 0.464 e. The summed E-state index contributed by atoms with van der Waals surface area (Å²) in [7, 11) is 0. The summed E-state index contributed by atoms with van der Waals surface area (Å²) in [5.74, 6) is 0. The van der Waals surface area contributed by atoms with E-state index in [1.165, 1.54) is 48.9 Å². The van der Waals surface area contributed by atoms with Crippen LogP contribution in [0.2, 0.25) is 0 Å². The molecule has 3 rings (SSSR count). The standard InChI is InChI=1S/C15H19NO/c1-12-5-6-15-14(9-12)13(11-17-15)10-16-7-3-2-4-8-16/h5-6,9,11H,2-4,7-8,10H2,1H3. The molecule has 0 radical (unpaired) electrons. The fourth-order valence-corrected chi connectivity index (χ4v) is 2.68. The molecular formula is C15H19NO. The van der Waals surface area contributed by atoms with Crippen molar-refractivity contribution in [3.63, 3.8) is 0 Å². The molecule has 0 amide bonds. The third-order valence-corrected chi connectivity index (χ3v) is 3.65. The Labute approximate surface area is 102 Å². The minimum absolute atomic E-state index is 1.02. The number of fused-ring (bicyclic) bond motifs is 1. The summed E-state index contributed by atoms with van der Waals surface area (Å²) in [6.07, 6.45) is 6.00. The Morgan fingerprint density at radius 2 is 2.00 bits per heavy atom. The van der Waals surface area contributed by atoms with Crippen molar-refractivity contribution in [3.05, 3.63) is 35.6 Å². The predicted molar refractivity (Wildman–Crippen MR) is 70.1 cm³/mol. The Morgan fingerprint density at radius 1 is 1.18 bits per heavy atom. The van der Waals surface area contributed by atoms with Crippen LogP contribution in [0.25, 0.3) is 11.0 Å². The lowest BCUT2D eigenvalue weighted by molar-refractivity contribution is 0.221. The molecule has 0 saturated carbocycles. The number of furan rings is 1. The van der Waals surface area contributed by atoms with Gasteiger partial charge in [0.1, 0.15) is 5.58 Å². The van der Waals surface area contributed by atoms with Gasteiger partial charge < -0.3 is 4.42 Å². The number of aryl methyl sites for hydroxylation is 1. The first-order chi connectivity index (χ1) is 8.33. The Kier molecular flexibility index (Phi) is 2.89. The molecule has 90 valence electrons. The van der Waals surface area contributed by atoms with Crippen LogP contribution in [0.5, 0.6) is 0 Å². The lowest BCUT2D eigenvalue weighted by Gasteiger charge is -2.25. The van der Waals surface area contributed by atoms with Crippen molar-refractivity contribution >= 4 is 11.0 Å². The Hall–Kier alpha value is -1.28. The van der Waals surface area contributed by atoms with Gasteiger partial charge in [0.05, 0.1) is 6.26 Å². The fraction of sp³-hybridized carbons (Fsp3) is 0.467. The van der Waals surface area contributed by atoms with E-state index in [9.17, 15) is 0 Å². The lowest BCUT2D eigenvalue weighted by atomic mass is 10.1. The Balaban J connectivity index is 1.86. The molecule has 1 aliphatic heterocycles. The first kappa shape index (κ1) is 10.8. The topological polar surface area (TPSA) is 16.4 Å². The highest BCUT2D eigenvalue weighted by molar-refractivity contribution is 5.81. The average Bonchev–Trinajstić information content (AvgIpc) is 2.73. The van der Waals surface area contributed by atoms with Crippen LogP contribution >= 0.6 is 0 Å². The molecule has 1 aromatic carbocycles. The van der Waals surface area contributed by atoms with Crippen molar-refractivity contribution in [3.8, 4) is 0 Å². The van der Waals surface area contributed by atoms with Gasteiger partial charge in [0, 0.05) is 17.5 Å². The van der Waals surface area contributed by atoms with Gasteiger partial charge in [-0.15, -0.1) is 0 Å². The predicted octanol–water partition coefficient (Wildman–Crippen LogP) is 3.73. The van der Waals surface area contributed by atoms with Gasteiger partial charge in [0.15, 0.2) is 0 Å². The molecule has 1 aliphatic rings. The van der Waals surface area contributed by atoms with E-state index in [2.05, 4.69) is 30.0 Å². The summed E-state index contributed by atoms with van der Waals surface area (Å²) < 4.78 is 5.62. The number of piperidine rings is 1. The van der Waals surface area contributed by atoms with Gasteiger partial charge in [-0.1, -0.05) is 18.1 Å². The molecule has 2 aromatic rings. The Morgan fingerprint density at radius 3 is 2.82 bits per heavy atom. The van der Waals surface area contributed by atoms with Crippen molar-refractivity contribution in [1.82, 2.24) is 4.90 Å². The van der Waals surface area contributed by atoms with Gasteiger partial charge in [-0.05, 0) is 45.0 Å². The van der Waals surface area contributed by atoms with Crippen molar-refractivity contribution < 1.29 is 4.42 Å². The number of hydrogen-bond acceptors (Lipinski definition) is 2. The van der Waals surface area contributed by atoms with E-state index in [0.29, 0.717) is 0 Å². The van der Waals surface area contributed by atoms with E-state index in [4.69, 9.17) is 4.42 Å². The van der Waals surface area contributed by atoms with Gasteiger partial charge in [0.2, 0.25) is 0 Å². The minimum Gasteiger partial charge on any atom is -0.464 e. The molecule has 1 aromatic heterocycles. The van der Waals surface area contributed by atoms with Gasteiger partial charge in [-0.25, -0.2) is 0 Å². The Bertz CT molecular complexity index is 509. The van der Waals surface area contributed by atoms with Crippen LogP contribution in [0, 0.1) is 6.92 Å². The van der Waals surface area contributed by atoms with Crippen molar-refractivity contribution in [1.29, 1.82) is 0 Å². The maximum absolute atomic E-state index is 5.62. The monoisotopic (exact) mass is 229 g/mol. The summed E-state index contributed by atoms with van der Waals surface area (Å²) in [5.41, 5.74) is 3.66. The maximum Gasteiger partial charge on any atom is 0.134 e. The number of benzene rings is 1. The first-order valence-electron chi connectivity index (χ1n) is 6.52. The molecule has 0 N–H and O–H groups in total. The van der Waals surface area contributed by atoms with Crippen LogP contribution in [0.15, 0.2) is 28.9 Å². The quantitative estimate of drug-likeness (QED) is 0.780. The van der Waals surface area contributed by atoms with E-state index < -0.39 is 0 Å². The third-order valence-electron chi connectivity index (χ3n) is 3.65. The normalized spacial score (nSPS) is 17.7. The summed E-state index contributed by atoms with van der Waals surface area (Å²) in [6, 6.07) is 6.42. The summed E-state index contributed by atoms with van der Waals surface area (Å²) >= 11 is 0. The van der Waals surface area contributed by atoms with E-state index in [-0.39, 0.29) is 0 Å². The molecule has 0 atom stereocenters. The van der Waals surface area contributed by atoms with Gasteiger partial charge in [-0.3, -0.25) is 4.90 Å². The van der Waals surface area contributed by atoms with E-state index >= 15 is 0 Å². The molecule has 2 heterocycles. The zero-order valence-corrected chi connectivity index (χ0v) is 10.4. The summed E-state index contributed by atoms with van der Waals surface area (Å²) in [5, 5.41) is 1.29. The fourth-order valence-electron chi connectivity index (χ4n) is 2.68. The zero-order valence-electron chi connectivity index (χ0n) is 10.4. The number of nitrogens with zero attached hydrogens (tertiary/aromatic N) is 1. The number of rotatable bonds is 2. The smallest absolute Gasteiger partial charge is 0.134 e. The molecule has 1 saturated heterocycles. The summed E-state index contributed by atoms with van der Waals surface area (Å²) in [6.45, 7) is 5.64. The first-order valence-corrected chi connectivity index (χ1v) is 6.52. The zero-order chi connectivity index (χ0) is 11.7. The van der Waals surface area contributed by atoms with E-state index in [0.717, 1.165) is 12.1 Å². The number of likely N-dealkylation sites (tertiary alicyclic amines) is 1. The maximum atomic E-state index is 5.62. The van der Waals surface area contributed by atoms with Gasteiger partial charge in [0.25, 0.3) is 0 Å². The molecule has 0 spiro atoms. The van der Waals surface area contributed by atoms with Crippen LogP contribution in [0.1, 0.15) is 30.4 Å². The number of hydrogen-bond donors (Lipinski definition) is 0. The molecule has 2 heteroatoms. The van der Waals surface area contributed by atoms with Crippen LogP contribution in [0.4, 0.5) is 0 Å². The highest BCUT2D eigenvalue weighted by Gasteiger charge is 2.13. The van der Waals surface area contributed by atoms with E-state index in [1.807, 2.05) is 6.26 Å². The summed E-state index contributed by atoms with van der Waals surface area (Å²) in [4.78, 5) is 2.54. The highest BCUT2D eigenvalue weighted by Crippen LogP contribution is 2.24. The van der Waals surface area contributed by atoms with E-state index in [1.54, 1.807) is 0 Å². The minimum atomic E-state index is 1.02. The molecule has 2 nitrogen and oxygen atoms in total. The van der Waals surface area contributed by atoms with Crippen LogP contribution in [0.3, 0.4) is 0 Å². The van der Waals surface area contributed by atoms with Crippen molar-refractivity contribution in [2.45, 2.75) is 32.7 Å². The van der Waals surface area contributed by atoms with Gasteiger partial charge >= 0.3 is 0 Å². The highest BCUT2D eigenvalue weighted by atomic mass is 16.3. The second-order valence-corrected chi connectivity index (χ2v) is 5.10. The lowest BCUT2D eigenvalue weighted by Crippen LogP contribution is -2.28. The second-order valence-electron chi connectivity index (χ2n) is 5.10. The van der Waals surface area contributed by atoms with Crippen molar-refractivity contribution in [2.75, 3.05) is 13.1 Å². The van der Waals surface area contributed by atoms with Crippen molar-refractivity contribution in [2.24, 2.45) is 0 Å².